The fourth-order valence-electron chi connectivity index (χ4n) is 2.59. The zero-order valence-corrected chi connectivity index (χ0v) is 14.6. The second-order valence-electron chi connectivity index (χ2n) is 5.83. The van der Waals surface area contributed by atoms with Gasteiger partial charge in [0.25, 0.3) is 5.69 Å². The molecule has 0 saturated carbocycles. The van der Waals surface area contributed by atoms with Gasteiger partial charge in [-0.1, -0.05) is 25.1 Å². The van der Waals surface area contributed by atoms with Crippen molar-refractivity contribution >= 4 is 17.6 Å². The van der Waals surface area contributed by atoms with Crippen LogP contribution >= 0.6 is 0 Å². The van der Waals surface area contributed by atoms with E-state index in [0.29, 0.717) is 23.4 Å². The Morgan fingerprint density at radius 3 is 2.68 bits per heavy atom. The molecule has 1 aromatic carbocycles. The van der Waals surface area contributed by atoms with Crippen molar-refractivity contribution < 1.29 is 19.2 Å². The molecule has 0 spiro atoms. The molecule has 1 aromatic rings. The average molecular weight is 347 g/mol. The van der Waals surface area contributed by atoms with E-state index in [0.717, 1.165) is 0 Å². The molecule has 0 aromatic heterocycles. The third-order valence-electron chi connectivity index (χ3n) is 3.66. The highest BCUT2D eigenvalue weighted by Crippen LogP contribution is 2.37. The first-order valence-corrected chi connectivity index (χ1v) is 8.00. The van der Waals surface area contributed by atoms with Crippen molar-refractivity contribution in [2.24, 2.45) is 5.10 Å². The molecule has 25 heavy (non-hydrogen) atoms. The summed E-state index contributed by atoms with van der Waals surface area (Å²) in [4.78, 5) is 22.9. The van der Waals surface area contributed by atoms with Gasteiger partial charge in [0.1, 0.15) is 5.76 Å². The molecule has 1 heterocycles. The van der Waals surface area contributed by atoms with E-state index in [4.69, 9.17) is 9.47 Å². The number of carbonyl (C=O) groups is 1. The van der Waals surface area contributed by atoms with Crippen molar-refractivity contribution in [2.75, 3.05) is 0 Å². The van der Waals surface area contributed by atoms with Crippen molar-refractivity contribution in [1.29, 1.82) is 0 Å². The predicted molar refractivity (Wildman–Crippen MR) is 92.1 cm³/mol. The SMILES string of the molecule is CCC1=NNC(C)=C(OC(=O)OC(C)C)C1c1ccccc1[N+](=O)[O-]. The van der Waals surface area contributed by atoms with Crippen LogP contribution in [-0.4, -0.2) is 22.9 Å². The van der Waals surface area contributed by atoms with E-state index >= 15 is 0 Å². The zero-order chi connectivity index (χ0) is 18.6. The molecule has 0 bridgehead atoms. The summed E-state index contributed by atoms with van der Waals surface area (Å²) in [6.45, 7) is 6.99. The summed E-state index contributed by atoms with van der Waals surface area (Å²) in [6, 6.07) is 6.36. The lowest BCUT2D eigenvalue weighted by Crippen LogP contribution is -2.29. The standard InChI is InChI=1S/C17H21N3O5/c1-5-13-15(12-8-6-7-9-14(12)20(22)23)16(11(4)18-19-13)25-17(21)24-10(2)3/h6-10,15,18H,5H2,1-4H3. The Hall–Kier alpha value is -2.90. The molecule has 2 rings (SSSR count). The highest BCUT2D eigenvalue weighted by Gasteiger charge is 2.35. The van der Waals surface area contributed by atoms with Crippen LogP contribution in [0, 0.1) is 10.1 Å². The molecule has 1 aliphatic rings. The van der Waals surface area contributed by atoms with Gasteiger partial charge in [0.2, 0.25) is 0 Å². The smallest absolute Gasteiger partial charge is 0.431 e. The molecule has 134 valence electrons. The highest BCUT2D eigenvalue weighted by molar-refractivity contribution is 5.95. The number of hydrogen-bond donors (Lipinski definition) is 1. The van der Waals surface area contributed by atoms with Crippen molar-refractivity contribution in [3.8, 4) is 0 Å². The molecule has 1 N–H and O–H groups in total. The van der Waals surface area contributed by atoms with Crippen LogP contribution in [0.5, 0.6) is 0 Å². The Balaban J connectivity index is 2.49. The van der Waals surface area contributed by atoms with Gasteiger partial charge in [-0.3, -0.25) is 15.5 Å². The van der Waals surface area contributed by atoms with Gasteiger partial charge in [0.05, 0.1) is 28.4 Å². The number of nitro groups is 1. The maximum atomic E-state index is 12.0. The van der Waals surface area contributed by atoms with Crippen LogP contribution in [0.3, 0.4) is 0 Å². The van der Waals surface area contributed by atoms with Gasteiger partial charge >= 0.3 is 6.16 Å². The first-order chi connectivity index (χ1) is 11.8. The second kappa shape index (κ2) is 7.78. The van der Waals surface area contributed by atoms with Gasteiger partial charge in [0, 0.05) is 11.6 Å². The number of carbonyl (C=O) groups excluding carboxylic acids is 1. The van der Waals surface area contributed by atoms with Crippen LogP contribution in [0.2, 0.25) is 0 Å². The molecule has 0 fully saturated rings. The van der Waals surface area contributed by atoms with Crippen molar-refractivity contribution in [1.82, 2.24) is 5.43 Å². The fraction of sp³-hybridized carbons (Fsp3) is 0.412. The molecule has 1 aliphatic heterocycles. The number of nitro benzene ring substituents is 1. The van der Waals surface area contributed by atoms with E-state index in [-0.39, 0.29) is 17.6 Å². The Bertz CT molecular complexity index is 740. The largest absolute Gasteiger partial charge is 0.513 e. The first-order valence-electron chi connectivity index (χ1n) is 8.00. The molecule has 0 saturated heterocycles. The molecule has 1 unspecified atom stereocenters. The summed E-state index contributed by atoms with van der Waals surface area (Å²) in [5.74, 6) is -0.376. The number of nitrogens with zero attached hydrogens (tertiary/aromatic N) is 2. The molecular formula is C17H21N3O5. The number of allylic oxidation sites excluding steroid dienone is 2. The quantitative estimate of drug-likeness (QED) is 0.493. The van der Waals surface area contributed by atoms with Gasteiger partial charge in [-0.2, -0.15) is 5.10 Å². The number of nitrogens with one attached hydrogen (secondary N) is 1. The van der Waals surface area contributed by atoms with Gasteiger partial charge in [-0.15, -0.1) is 0 Å². The van der Waals surface area contributed by atoms with Gasteiger partial charge in [-0.05, 0) is 27.2 Å². The molecule has 0 radical (unpaired) electrons. The number of rotatable bonds is 5. The number of para-hydroxylation sites is 1. The monoisotopic (exact) mass is 347 g/mol. The minimum atomic E-state index is -0.855. The summed E-state index contributed by atoms with van der Waals surface area (Å²) in [6.07, 6.45) is -0.663. The minimum absolute atomic E-state index is 0.0540. The third-order valence-corrected chi connectivity index (χ3v) is 3.66. The number of hydrazone groups is 1. The first kappa shape index (κ1) is 18.4. The lowest BCUT2D eigenvalue weighted by Gasteiger charge is -2.27. The van der Waals surface area contributed by atoms with Crippen molar-refractivity contribution in [2.45, 2.75) is 46.1 Å². The molecular weight excluding hydrogens is 326 g/mol. The highest BCUT2D eigenvalue weighted by atomic mass is 16.7. The summed E-state index contributed by atoms with van der Waals surface area (Å²) >= 11 is 0. The molecule has 0 aliphatic carbocycles. The second-order valence-corrected chi connectivity index (χ2v) is 5.83. The van der Waals surface area contributed by atoms with E-state index < -0.39 is 17.0 Å². The van der Waals surface area contributed by atoms with E-state index in [2.05, 4.69) is 10.5 Å². The Morgan fingerprint density at radius 2 is 2.08 bits per heavy atom. The van der Waals surface area contributed by atoms with Crippen LogP contribution in [0.15, 0.2) is 40.8 Å². The van der Waals surface area contributed by atoms with Crippen LogP contribution in [0.1, 0.15) is 45.6 Å². The predicted octanol–water partition coefficient (Wildman–Crippen LogP) is 3.84. The average Bonchev–Trinajstić information content (AvgIpc) is 2.55. The Kier molecular flexibility index (Phi) is 5.74. The van der Waals surface area contributed by atoms with Gasteiger partial charge < -0.3 is 9.47 Å². The fourth-order valence-corrected chi connectivity index (χ4v) is 2.59. The molecule has 8 heteroatoms. The van der Waals surface area contributed by atoms with Crippen molar-refractivity contribution in [3.05, 3.63) is 51.4 Å². The molecule has 8 nitrogen and oxygen atoms in total. The summed E-state index contributed by atoms with van der Waals surface area (Å²) in [7, 11) is 0. The number of hydrogen-bond acceptors (Lipinski definition) is 7. The number of ether oxygens (including phenoxy) is 2. The van der Waals surface area contributed by atoms with E-state index in [1.165, 1.54) is 6.07 Å². The zero-order valence-electron chi connectivity index (χ0n) is 14.6. The summed E-state index contributed by atoms with van der Waals surface area (Å²) in [5, 5.41) is 15.7. The number of benzene rings is 1. The summed E-state index contributed by atoms with van der Waals surface area (Å²) < 4.78 is 10.4. The van der Waals surface area contributed by atoms with E-state index in [1.807, 2.05) is 6.92 Å². The third kappa shape index (κ3) is 4.14. The van der Waals surface area contributed by atoms with Crippen molar-refractivity contribution in [3.63, 3.8) is 0 Å². The summed E-state index contributed by atoms with van der Waals surface area (Å²) in [5.41, 5.74) is 4.30. The topological polar surface area (TPSA) is 103 Å². The van der Waals surface area contributed by atoms with Crippen LogP contribution < -0.4 is 5.43 Å². The van der Waals surface area contributed by atoms with Crippen LogP contribution in [0.4, 0.5) is 10.5 Å². The normalized spacial score (nSPS) is 17.0. The molecule has 1 atom stereocenters. The van der Waals surface area contributed by atoms with E-state index in [1.54, 1.807) is 39.0 Å². The minimum Gasteiger partial charge on any atom is -0.431 e. The Labute approximate surface area is 145 Å². The van der Waals surface area contributed by atoms with Gasteiger partial charge in [-0.25, -0.2) is 4.79 Å². The van der Waals surface area contributed by atoms with Gasteiger partial charge in [0.15, 0.2) is 0 Å². The van der Waals surface area contributed by atoms with Crippen LogP contribution in [-0.2, 0) is 9.47 Å². The maximum absolute atomic E-state index is 12.0. The lowest BCUT2D eigenvalue weighted by atomic mass is 9.88. The maximum Gasteiger partial charge on any atom is 0.513 e. The Morgan fingerprint density at radius 1 is 1.40 bits per heavy atom. The molecule has 0 amide bonds. The lowest BCUT2D eigenvalue weighted by molar-refractivity contribution is -0.385. The van der Waals surface area contributed by atoms with E-state index in [9.17, 15) is 14.9 Å². The van der Waals surface area contributed by atoms with Crippen LogP contribution in [0.25, 0.3) is 0 Å².